The van der Waals surface area contributed by atoms with Gasteiger partial charge < -0.3 is 25.4 Å². The number of amides is 3. The van der Waals surface area contributed by atoms with Crippen LogP contribution in [-0.2, 0) is 20.7 Å². The van der Waals surface area contributed by atoms with E-state index in [1.807, 2.05) is 52.8 Å². The van der Waals surface area contributed by atoms with Crippen molar-refractivity contribution < 1.29 is 24.2 Å². The molecular formula is C30H43N3O5. The number of carbonyl (C=O) groups is 3. The molecule has 8 nitrogen and oxygen atoms in total. The quantitative estimate of drug-likeness (QED) is 0.407. The van der Waals surface area contributed by atoms with Crippen LogP contribution in [0.5, 0.6) is 5.75 Å². The highest BCUT2D eigenvalue weighted by atomic mass is 16.6. The van der Waals surface area contributed by atoms with Crippen LogP contribution < -0.4 is 10.6 Å². The second-order valence-corrected chi connectivity index (χ2v) is 11.1. The van der Waals surface area contributed by atoms with Gasteiger partial charge >= 0.3 is 6.09 Å². The summed E-state index contributed by atoms with van der Waals surface area (Å²) in [5.41, 5.74) is 2.67. The summed E-state index contributed by atoms with van der Waals surface area (Å²) in [5, 5.41) is 15.4. The SMILES string of the molecule is CCCN(C(=O)C(Cc1ccc(O)cc1)NC(=O)OC(C)(C)C)C(C(=O)NC(C)C)c1cc(C)cc(C)c1. The fraction of sp³-hybridized carbons (Fsp3) is 0.500. The zero-order chi connectivity index (χ0) is 28.6. The third-order valence-corrected chi connectivity index (χ3v) is 5.66. The summed E-state index contributed by atoms with van der Waals surface area (Å²) in [6.07, 6.45) is 0.0465. The van der Waals surface area contributed by atoms with Crippen molar-refractivity contribution >= 4 is 17.9 Å². The molecule has 0 aromatic heterocycles. The number of aromatic hydroxyl groups is 1. The topological polar surface area (TPSA) is 108 Å². The van der Waals surface area contributed by atoms with Crippen LogP contribution in [0.3, 0.4) is 0 Å². The number of aryl methyl sites for hydroxylation is 2. The highest BCUT2D eigenvalue weighted by Crippen LogP contribution is 2.26. The largest absolute Gasteiger partial charge is 0.508 e. The zero-order valence-electron chi connectivity index (χ0n) is 23.9. The molecule has 2 unspecified atom stereocenters. The molecule has 0 spiro atoms. The predicted octanol–water partition coefficient (Wildman–Crippen LogP) is 4.95. The maximum atomic E-state index is 14.2. The van der Waals surface area contributed by atoms with E-state index in [1.165, 1.54) is 12.1 Å². The lowest BCUT2D eigenvalue weighted by Crippen LogP contribution is -2.54. The van der Waals surface area contributed by atoms with E-state index in [1.54, 1.807) is 37.8 Å². The second-order valence-electron chi connectivity index (χ2n) is 11.1. The molecule has 2 atom stereocenters. The highest BCUT2D eigenvalue weighted by Gasteiger charge is 2.36. The van der Waals surface area contributed by atoms with Crippen molar-refractivity contribution in [3.05, 3.63) is 64.7 Å². The van der Waals surface area contributed by atoms with Gasteiger partial charge in [0.1, 0.15) is 23.4 Å². The van der Waals surface area contributed by atoms with Crippen molar-refractivity contribution in [3.63, 3.8) is 0 Å². The van der Waals surface area contributed by atoms with Crippen molar-refractivity contribution in [2.45, 2.75) is 92.0 Å². The molecule has 0 aliphatic carbocycles. The van der Waals surface area contributed by atoms with Gasteiger partial charge in [-0.15, -0.1) is 0 Å². The summed E-state index contributed by atoms with van der Waals surface area (Å²) >= 11 is 0. The lowest BCUT2D eigenvalue weighted by molar-refractivity contribution is -0.142. The number of carbonyl (C=O) groups excluding carboxylic acids is 3. The third-order valence-electron chi connectivity index (χ3n) is 5.66. The van der Waals surface area contributed by atoms with Gasteiger partial charge in [-0.1, -0.05) is 48.4 Å². The molecule has 3 amide bonds. The molecule has 208 valence electrons. The maximum Gasteiger partial charge on any atom is 0.408 e. The summed E-state index contributed by atoms with van der Waals surface area (Å²) in [6.45, 7) is 15.2. The summed E-state index contributed by atoms with van der Waals surface area (Å²) in [6, 6.07) is 10.3. The monoisotopic (exact) mass is 525 g/mol. The molecule has 2 rings (SSSR count). The van der Waals surface area contributed by atoms with Crippen LogP contribution in [0.25, 0.3) is 0 Å². The average Bonchev–Trinajstić information content (AvgIpc) is 2.77. The number of rotatable bonds is 10. The Balaban J connectivity index is 2.56. The van der Waals surface area contributed by atoms with Crippen LogP contribution in [-0.4, -0.2) is 52.1 Å². The Morgan fingerprint density at radius 2 is 1.55 bits per heavy atom. The van der Waals surface area contributed by atoms with E-state index in [9.17, 15) is 19.5 Å². The Morgan fingerprint density at radius 1 is 0.974 bits per heavy atom. The number of benzene rings is 2. The van der Waals surface area contributed by atoms with Crippen molar-refractivity contribution in [3.8, 4) is 5.75 Å². The first kappa shape index (κ1) is 30.7. The second kappa shape index (κ2) is 13.3. The fourth-order valence-electron chi connectivity index (χ4n) is 4.33. The van der Waals surface area contributed by atoms with Crippen molar-refractivity contribution in [2.24, 2.45) is 0 Å². The number of alkyl carbamates (subject to hydrolysis) is 1. The zero-order valence-corrected chi connectivity index (χ0v) is 23.9. The number of phenolic OH excluding ortho intramolecular Hbond substituents is 1. The fourth-order valence-corrected chi connectivity index (χ4v) is 4.33. The van der Waals surface area contributed by atoms with E-state index in [2.05, 4.69) is 10.6 Å². The average molecular weight is 526 g/mol. The van der Waals surface area contributed by atoms with E-state index in [0.717, 1.165) is 16.7 Å². The minimum Gasteiger partial charge on any atom is -0.508 e. The van der Waals surface area contributed by atoms with E-state index in [-0.39, 0.29) is 24.1 Å². The summed E-state index contributed by atoms with van der Waals surface area (Å²) in [4.78, 5) is 42.1. The van der Waals surface area contributed by atoms with Crippen LogP contribution in [0, 0.1) is 13.8 Å². The van der Waals surface area contributed by atoms with Crippen molar-refractivity contribution in [2.75, 3.05) is 6.54 Å². The summed E-state index contributed by atoms with van der Waals surface area (Å²) < 4.78 is 5.45. The van der Waals surface area contributed by atoms with Crippen molar-refractivity contribution in [1.29, 1.82) is 0 Å². The molecule has 0 aliphatic heterocycles. The number of hydrogen-bond acceptors (Lipinski definition) is 5. The van der Waals surface area contributed by atoms with Crippen LogP contribution in [0.1, 0.15) is 76.3 Å². The van der Waals surface area contributed by atoms with E-state index >= 15 is 0 Å². The maximum absolute atomic E-state index is 14.2. The van der Waals surface area contributed by atoms with Gasteiger partial charge in [-0.25, -0.2) is 4.79 Å². The summed E-state index contributed by atoms with van der Waals surface area (Å²) in [7, 11) is 0. The van der Waals surface area contributed by atoms with E-state index in [4.69, 9.17) is 4.74 Å². The first-order valence-corrected chi connectivity index (χ1v) is 13.2. The highest BCUT2D eigenvalue weighted by molar-refractivity contribution is 5.92. The Bertz CT molecular complexity index is 1090. The summed E-state index contributed by atoms with van der Waals surface area (Å²) in [5.74, 6) is -0.578. The van der Waals surface area contributed by atoms with Crippen LogP contribution >= 0.6 is 0 Å². The van der Waals surface area contributed by atoms with Gasteiger partial charge in [-0.2, -0.15) is 0 Å². The normalized spacial score (nSPS) is 13.0. The first-order valence-electron chi connectivity index (χ1n) is 13.2. The van der Waals surface area contributed by atoms with Crippen LogP contribution in [0.2, 0.25) is 0 Å². The predicted molar refractivity (Wildman–Crippen MR) is 149 cm³/mol. The molecule has 3 N–H and O–H groups in total. The molecule has 2 aromatic carbocycles. The molecule has 0 bridgehead atoms. The number of hydrogen-bond donors (Lipinski definition) is 3. The van der Waals surface area contributed by atoms with Gasteiger partial charge in [0.05, 0.1) is 0 Å². The molecule has 2 aromatic rings. The van der Waals surface area contributed by atoms with Gasteiger partial charge in [0, 0.05) is 19.0 Å². The number of ether oxygens (including phenoxy) is 1. The molecule has 8 heteroatoms. The van der Waals surface area contributed by atoms with Gasteiger partial charge in [-0.05, 0) is 78.1 Å². The lowest BCUT2D eigenvalue weighted by atomic mass is 9.97. The molecule has 0 heterocycles. The lowest BCUT2D eigenvalue weighted by Gasteiger charge is -2.35. The molecule has 0 saturated carbocycles. The van der Waals surface area contributed by atoms with E-state index < -0.39 is 29.7 Å². The van der Waals surface area contributed by atoms with Gasteiger partial charge in [0.25, 0.3) is 0 Å². The van der Waals surface area contributed by atoms with Crippen molar-refractivity contribution in [1.82, 2.24) is 15.5 Å². The number of phenols is 1. The standard InChI is InChI=1S/C30H43N3O5/c1-9-14-33(26(27(35)31-19(2)3)23-16-20(4)15-21(5)17-23)28(36)25(32-29(37)38-30(6,7)8)18-22-10-12-24(34)13-11-22/h10-13,15-17,19,25-26,34H,9,14,18H2,1-8H3,(H,31,35)(H,32,37). The van der Waals surface area contributed by atoms with Crippen LogP contribution in [0.4, 0.5) is 4.79 Å². The Labute approximate surface area is 226 Å². The Morgan fingerprint density at radius 3 is 2.05 bits per heavy atom. The molecular weight excluding hydrogens is 482 g/mol. The molecule has 38 heavy (non-hydrogen) atoms. The smallest absolute Gasteiger partial charge is 0.408 e. The minimum atomic E-state index is -0.999. The number of nitrogens with one attached hydrogen (secondary N) is 2. The van der Waals surface area contributed by atoms with Gasteiger partial charge in [0.2, 0.25) is 11.8 Å². The molecule has 0 aliphatic rings. The third kappa shape index (κ3) is 9.39. The molecule has 0 saturated heterocycles. The Hall–Kier alpha value is -3.55. The molecule has 0 fully saturated rings. The van der Waals surface area contributed by atoms with Gasteiger partial charge in [0.15, 0.2) is 0 Å². The van der Waals surface area contributed by atoms with Crippen LogP contribution in [0.15, 0.2) is 42.5 Å². The number of nitrogens with zero attached hydrogens (tertiary/aromatic N) is 1. The van der Waals surface area contributed by atoms with E-state index in [0.29, 0.717) is 18.5 Å². The molecule has 0 radical (unpaired) electrons. The first-order chi connectivity index (χ1) is 17.7. The minimum absolute atomic E-state index is 0.101. The van der Waals surface area contributed by atoms with Gasteiger partial charge in [-0.3, -0.25) is 9.59 Å². The Kier molecular flexibility index (Phi) is 10.7.